The molecule has 0 spiro atoms. The first kappa shape index (κ1) is 16.8. The van der Waals surface area contributed by atoms with Gasteiger partial charge >= 0.3 is 0 Å². The molecule has 1 N–H and O–H groups in total. The summed E-state index contributed by atoms with van der Waals surface area (Å²) in [6.07, 6.45) is 12.4. The van der Waals surface area contributed by atoms with E-state index in [1.165, 1.54) is 12.0 Å². The van der Waals surface area contributed by atoms with Gasteiger partial charge in [-0.1, -0.05) is 30.7 Å². The molecule has 0 amide bonds. The molecule has 0 heterocycles. The maximum Gasteiger partial charge on any atom is 0.174 e. The molecular formula is C21H29ClO2. The molecule has 3 heteroatoms. The van der Waals surface area contributed by atoms with Crippen LogP contribution in [0.4, 0.5) is 0 Å². The number of hydrogen-bond donors (Lipinski definition) is 1. The van der Waals surface area contributed by atoms with Crippen LogP contribution in [0.5, 0.6) is 0 Å². The molecule has 0 saturated heterocycles. The number of Topliss-reactive ketones (excluding diaryl/α,β-unsaturated/α-hetero) is 1. The van der Waals surface area contributed by atoms with Crippen molar-refractivity contribution in [2.75, 3.05) is 0 Å². The molecule has 24 heavy (non-hydrogen) atoms. The second-order valence-electron chi connectivity index (χ2n) is 8.75. The zero-order valence-electron chi connectivity index (χ0n) is 14.9. The molecule has 0 aliphatic heterocycles. The molecule has 0 radical (unpaired) electrons. The standard InChI is InChI=1S/C21H29ClO2/c1-3-21-12-10-14-13-8-9-18(23)19(22)16(13)7-6-15(14)17(21)5-4-11-20(21,2)24/h4-5,13-15,17,24H,3,6-12H2,1-2H3/t13-,14-,15-,17+,20+,21+/m1/s1. The predicted octanol–water partition coefficient (Wildman–Crippen LogP) is 5.00. The number of carbonyl (C=O) groups is 1. The van der Waals surface area contributed by atoms with E-state index in [-0.39, 0.29) is 11.2 Å². The minimum absolute atomic E-state index is 0.0262. The van der Waals surface area contributed by atoms with Crippen molar-refractivity contribution < 1.29 is 9.90 Å². The lowest BCUT2D eigenvalue weighted by Gasteiger charge is -2.61. The third-order valence-corrected chi connectivity index (χ3v) is 8.51. The average Bonchev–Trinajstić information content (AvgIpc) is 2.57. The molecule has 0 bridgehead atoms. The maximum atomic E-state index is 12.0. The molecule has 132 valence electrons. The molecule has 4 aliphatic carbocycles. The van der Waals surface area contributed by atoms with Crippen molar-refractivity contribution in [3.05, 3.63) is 22.8 Å². The molecule has 4 rings (SSSR count). The van der Waals surface area contributed by atoms with Gasteiger partial charge in [-0.3, -0.25) is 4.79 Å². The summed E-state index contributed by atoms with van der Waals surface area (Å²) in [6.45, 7) is 4.31. The summed E-state index contributed by atoms with van der Waals surface area (Å²) in [5, 5.41) is 11.8. The molecule has 0 unspecified atom stereocenters. The van der Waals surface area contributed by atoms with Crippen LogP contribution in [-0.2, 0) is 4.79 Å². The molecule has 0 aromatic heterocycles. The number of fused-ring (bicyclic) bond motifs is 5. The van der Waals surface area contributed by atoms with Crippen LogP contribution in [0.15, 0.2) is 22.8 Å². The number of aliphatic hydroxyl groups is 1. The van der Waals surface area contributed by atoms with E-state index in [1.54, 1.807) is 0 Å². The Hall–Kier alpha value is -0.600. The van der Waals surface area contributed by atoms with Gasteiger partial charge < -0.3 is 5.11 Å². The van der Waals surface area contributed by atoms with Gasteiger partial charge in [0.1, 0.15) is 0 Å². The molecule has 2 nitrogen and oxygen atoms in total. The van der Waals surface area contributed by atoms with Gasteiger partial charge in [-0.05, 0) is 81.1 Å². The Morgan fingerprint density at radius 1 is 1.25 bits per heavy atom. The molecule has 4 aliphatic rings. The quantitative estimate of drug-likeness (QED) is 0.677. The third kappa shape index (κ3) is 2.15. The molecule has 0 aromatic carbocycles. The topological polar surface area (TPSA) is 37.3 Å². The molecular weight excluding hydrogens is 320 g/mol. The Balaban J connectivity index is 1.71. The van der Waals surface area contributed by atoms with Crippen LogP contribution in [0, 0.1) is 29.1 Å². The number of rotatable bonds is 1. The summed E-state index contributed by atoms with van der Waals surface area (Å²) in [5.41, 5.74) is 0.686. The van der Waals surface area contributed by atoms with Crippen molar-refractivity contribution in [1.82, 2.24) is 0 Å². The highest BCUT2D eigenvalue weighted by Crippen LogP contribution is 2.63. The van der Waals surface area contributed by atoms with Crippen LogP contribution in [0.25, 0.3) is 0 Å². The van der Waals surface area contributed by atoms with Crippen molar-refractivity contribution >= 4 is 17.4 Å². The largest absolute Gasteiger partial charge is 0.389 e. The summed E-state index contributed by atoms with van der Waals surface area (Å²) in [7, 11) is 0. The third-order valence-electron chi connectivity index (χ3n) is 8.06. The number of ketones is 1. The van der Waals surface area contributed by atoms with E-state index in [0.29, 0.717) is 35.1 Å². The minimum Gasteiger partial charge on any atom is -0.389 e. The highest BCUT2D eigenvalue weighted by Gasteiger charge is 2.58. The molecule has 6 atom stereocenters. The Morgan fingerprint density at radius 3 is 2.79 bits per heavy atom. The Labute approximate surface area is 150 Å². The van der Waals surface area contributed by atoms with E-state index in [4.69, 9.17) is 11.6 Å². The number of allylic oxidation sites excluding steroid dienone is 3. The highest BCUT2D eigenvalue weighted by molar-refractivity contribution is 6.43. The number of halogens is 1. The summed E-state index contributed by atoms with van der Waals surface area (Å²) in [6, 6.07) is 0. The van der Waals surface area contributed by atoms with Crippen LogP contribution >= 0.6 is 11.6 Å². The van der Waals surface area contributed by atoms with Crippen LogP contribution < -0.4 is 0 Å². The lowest BCUT2D eigenvalue weighted by atomic mass is 9.45. The fraction of sp³-hybridized carbons (Fsp3) is 0.762. The smallest absolute Gasteiger partial charge is 0.174 e. The first-order chi connectivity index (χ1) is 11.4. The second kappa shape index (κ2) is 5.71. The summed E-state index contributed by atoms with van der Waals surface area (Å²) >= 11 is 6.39. The summed E-state index contributed by atoms with van der Waals surface area (Å²) < 4.78 is 0. The highest BCUT2D eigenvalue weighted by atomic mass is 35.5. The van der Waals surface area contributed by atoms with Gasteiger partial charge in [0.25, 0.3) is 0 Å². The Morgan fingerprint density at radius 2 is 2.04 bits per heavy atom. The van der Waals surface area contributed by atoms with Gasteiger partial charge in [0.05, 0.1) is 10.6 Å². The predicted molar refractivity (Wildman–Crippen MR) is 96.7 cm³/mol. The first-order valence-corrected chi connectivity index (χ1v) is 10.1. The Kier molecular flexibility index (Phi) is 4.01. The van der Waals surface area contributed by atoms with Gasteiger partial charge in [0.15, 0.2) is 5.78 Å². The van der Waals surface area contributed by atoms with E-state index in [0.717, 1.165) is 38.5 Å². The fourth-order valence-electron chi connectivity index (χ4n) is 6.77. The van der Waals surface area contributed by atoms with Crippen molar-refractivity contribution in [3.63, 3.8) is 0 Å². The number of carbonyl (C=O) groups excluding carboxylic acids is 1. The summed E-state index contributed by atoms with van der Waals surface area (Å²) in [4.78, 5) is 12.0. The van der Waals surface area contributed by atoms with E-state index in [1.807, 2.05) is 0 Å². The lowest BCUT2D eigenvalue weighted by Crippen LogP contribution is -2.58. The van der Waals surface area contributed by atoms with E-state index in [9.17, 15) is 9.90 Å². The van der Waals surface area contributed by atoms with Crippen molar-refractivity contribution in [1.29, 1.82) is 0 Å². The van der Waals surface area contributed by atoms with Gasteiger partial charge in [0, 0.05) is 11.8 Å². The lowest BCUT2D eigenvalue weighted by molar-refractivity contribution is -0.151. The number of hydrogen-bond acceptors (Lipinski definition) is 2. The average molecular weight is 349 g/mol. The van der Waals surface area contributed by atoms with Crippen molar-refractivity contribution in [2.24, 2.45) is 29.1 Å². The van der Waals surface area contributed by atoms with Crippen LogP contribution in [0.3, 0.4) is 0 Å². The first-order valence-electron chi connectivity index (χ1n) is 9.72. The minimum atomic E-state index is -0.595. The van der Waals surface area contributed by atoms with E-state index >= 15 is 0 Å². The summed E-state index contributed by atoms with van der Waals surface area (Å²) in [5.74, 6) is 2.40. The van der Waals surface area contributed by atoms with E-state index < -0.39 is 5.60 Å². The Bertz CT molecular complexity index is 617. The van der Waals surface area contributed by atoms with Crippen LogP contribution in [-0.4, -0.2) is 16.5 Å². The molecule has 2 fully saturated rings. The second-order valence-corrected chi connectivity index (χ2v) is 9.13. The van der Waals surface area contributed by atoms with Crippen LogP contribution in [0.1, 0.15) is 65.2 Å². The van der Waals surface area contributed by atoms with Crippen molar-refractivity contribution in [2.45, 2.75) is 70.8 Å². The zero-order valence-corrected chi connectivity index (χ0v) is 15.6. The van der Waals surface area contributed by atoms with Gasteiger partial charge in [-0.25, -0.2) is 0 Å². The van der Waals surface area contributed by atoms with Gasteiger partial charge in [-0.15, -0.1) is 0 Å². The monoisotopic (exact) mass is 348 g/mol. The molecule has 0 aromatic rings. The van der Waals surface area contributed by atoms with E-state index in [2.05, 4.69) is 26.0 Å². The van der Waals surface area contributed by atoms with Crippen molar-refractivity contribution in [3.8, 4) is 0 Å². The van der Waals surface area contributed by atoms with Gasteiger partial charge in [0.2, 0.25) is 0 Å². The zero-order chi connectivity index (χ0) is 17.1. The fourth-order valence-corrected chi connectivity index (χ4v) is 7.10. The normalized spacial score (nSPS) is 47.9. The van der Waals surface area contributed by atoms with Crippen LogP contribution in [0.2, 0.25) is 0 Å². The molecule has 2 saturated carbocycles. The SMILES string of the molecule is CC[C@]12CC[C@H]3[C@@H](CCC4=C(Cl)C(=O)CC[C@@H]43)[C@@H]1C=CC[C@]2(C)O. The van der Waals surface area contributed by atoms with Gasteiger partial charge in [-0.2, -0.15) is 0 Å². The maximum absolute atomic E-state index is 12.0.